The van der Waals surface area contributed by atoms with Crippen LogP contribution < -0.4 is 4.90 Å². The molecule has 0 unspecified atom stereocenters. The number of aliphatic hydroxyl groups is 1. The van der Waals surface area contributed by atoms with Crippen LogP contribution in [0.4, 0.5) is 0 Å². The van der Waals surface area contributed by atoms with Crippen LogP contribution >= 0.6 is 0 Å². The summed E-state index contributed by atoms with van der Waals surface area (Å²) < 4.78 is 0. The number of hydrogen-bond donors (Lipinski definition) is 2. The molecular formula is C13H24NO+. The van der Waals surface area contributed by atoms with Crippen molar-refractivity contribution in [2.24, 2.45) is 11.8 Å². The Bertz CT molecular complexity index is 225. The van der Waals surface area contributed by atoms with Gasteiger partial charge >= 0.3 is 0 Å². The van der Waals surface area contributed by atoms with Gasteiger partial charge in [0.25, 0.3) is 0 Å². The molecule has 0 aromatic heterocycles. The first-order valence-corrected chi connectivity index (χ1v) is 6.89. The van der Waals surface area contributed by atoms with Crippen LogP contribution in [0.15, 0.2) is 0 Å². The molecule has 1 aliphatic heterocycles. The Morgan fingerprint density at radius 2 is 1.60 bits per heavy atom. The minimum Gasteiger partial charge on any atom is -0.392 e. The number of fused-ring (bicyclic) bond motifs is 2. The predicted molar refractivity (Wildman–Crippen MR) is 59.8 cm³/mol. The lowest BCUT2D eigenvalue weighted by Gasteiger charge is -2.39. The minimum absolute atomic E-state index is 0.0539. The van der Waals surface area contributed by atoms with Gasteiger partial charge in [-0.05, 0) is 44.4 Å². The summed E-state index contributed by atoms with van der Waals surface area (Å²) in [7, 11) is 0. The van der Waals surface area contributed by atoms with Crippen LogP contribution in [-0.2, 0) is 0 Å². The third kappa shape index (κ3) is 1.72. The number of hydrogen-bond acceptors (Lipinski definition) is 1. The van der Waals surface area contributed by atoms with Crippen molar-refractivity contribution in [1.29, 1.82) is 0 Å². The van der Waals surface area contributed by atoms with E-state index in [1.54, 1.807) is 0 Å². The third-order valence-electron chi connectivity index (χ3n) is 5.18. The number of quaternary nitrogens is 1. The van der Waals surface area contributed by atoms with Crippen molar-refractivity contribution in [1.82, 2.24) is 0 Å². The summed E-state index contributed by atoms with van der Waals surface area (Å²) in [6, 6.07) is 0.805. The monoisotopic (exact) mass is 210 g/mol. The van der Waals surface area contributed by atoms with Crippen LogP contribution in [0.5, 0.6) is 0 Å². The van der Waals surface area contributed by atoms with Crippen LogP contribution in [0.1, 0.15) is 44.9 Å². The highest BCUT2D eigenvalue weighted by atomic mass is 16.3. The fourth-order valence-electron chi connectivity index (χ4n) is 4.34. The maximum Gasteiger partial charge on any atom is 0.0928 e. The lowest BCUT2D eigenvalue weighted by molar-refractivity contribution is -0.935. The van der Waals surface area contributed by atoms with E-state index >= 15 is 0 Å². The molecule has 1 saturated heterocycles. The molecule has 2 nitrogen and oxygen atoms in total. The van der Waals surface area contributed by atoms with Gasteiger partial charge in [-0.15, -0.1) is 0 Å². The maximum absolute atomic E-state index is 10.2. The van der Waals surface area contributed by atoms with Gasteiger partial charge in [0.1, 0.15) is 0 Å². The van der Waals surface area contributed by atoms with Crippen LogP contribution in [-0.4, -0.2) is 30.3 Å². The molecule has 2 bridgehead atoms. The van der Waals surface area contributed by atoms with Gasteiger partial charge in [-0.2, -0.15) is 0 Å². The van der Waals surface area contributed by atoms with E-state index in [-0.39, 0.29) is 6.10 Å². The first kappa shape index (κ1) is 10.1. The lowest BCUT2D eigenvalue weighted by atomic mass is 9.81. The summed E-state index contributed by atoms with van der Waals surface area (Å²) in [5, 5.41) is 10.2. The van der Waals surface area contributed by atoms with Crippen molar-refractivity contribution in [3.8, 4) is 0 Å². The number of nitrogens with one attached hydrogen (secondary N) is 1. The van der Waals surface area contributed by atoms with Gasteiger partial charge in [0.15, 0.2) is 0 Å². The highest BCUT2D eigenvalue weighted by Crippen LogP contribution is 2.41. The van der Waals surface area contributed by atoms with E-state index in [2.05, 4.69) is 0 Å². The molecule has 4 atom stereocenters. The van der Waals surface area contributed by atoms with Crippen molar-refractivity contribution in [2.75, 3.05) is 13.1 Å². The molecule has 0 aromatic rings. The first-order chi connectivity index (χ1) is 7.36. The minimum atomic E-state index is 0.0539. The van der Waals surface area contributed by atoms with Gasteiger partial charge in [-0.3, -0.25) is 0 Å². The van der Waals surface area contributed by atoms with Crippen molar-refractivity contribution in [2.45, 2.75) is 57.1 Å². The van der Waals surface area contributed by atoms with E-state index in [9.17, 15) is 5.11 Å². The third-order valence-corrected chi connectivity index (χ3v) is 5.18. The zero-order valence-corrected chi connectivity index (χ0v) is 9.62. The normalized spacial score (nSPS) is 47.0. The van der Waals surface area contributed by atoms with Gasteiger partial charge in [0.05, 0.1) is 25.2 Å². The molecule has 2 heteroatoms. The van der Waals surface area contributed by atoms with Crippen LogP contribution in [0.2, 0.25) is 0 Å². The Hall–Kier alpha value is -0.0800. The van der Waals surface area contributed by atoms with Crippen LogP contribution in [0.25, 0.3) is 0 Å². The smallest absolute Gasteiger partial charge is 0.0928 e. The van der Waals surface area contributed by atoms with Gasteiger partial charge in [0.2, 0.25) is 0 Å². The Morgan fingerprint density at radius 3 is 2.40 bits per heavy atom. The topological polar surface area (TPSA) is 24.7 Å². The Balaban J connectivity index is 1.69. The zero-order chi connectivity index (χ0) is 10.3. The Kier molecular flexibility index (Phi) is 2.73. The van der Waals surface area contributed by atoms with E-state index < -0.39 is 0 Å². The van der Waals surface area contributed by atoms with Gasteiger partial charge in [-0.1, -0.05) is 0 Å². The van der Waals surface area contributed by atoms with Crippen LogP contribution in [0.3, 0.4) is 0 Å². The highest BCUT2D eigenvalue weighted by Gasteiger charge is 2.47. The Labute approximate surface area is 92.7 Å². The van der Waals surface area contributed by atoms with Crippen molar-refractivity contribution >= 4 is 0 Å². The molecule has 86 valence electrons. The average molecular weight is 210 g/mol. The van der Waals surface area contributed by atoms with E-state index in [1.807, 2.05) is 4.90 Å². The van der Waals surface area contributed by atoms with E-state index in [4.69, 9.17) is 0 Å². The number of likely N-dealkylation sites (tertiary alicyclic amines) is 1. The number of piperidine rings is 1. The summed E-state index contributed by atoms with van der Waals surface area (Å²) in [6.07, 6.45) is 9.61. The predicted octanol–water partition coefficient (Wildman–Crippen LogP) is 0.605. The number of rotatable bonds is 1. The van der Waals surface area contributed by atoms with Gasteiger partial charge in [-0.25, -0.2) is 0 Å². The number of aliphatic hydroxyl groups excluding tert-OH is 1. The second kappa shape index (κ2) is 4.06. The fourth-order valence-corrected chi connectivity index (χ4v) is 4.34. The SMILES string of the molecule is O[C@H]1[C@H]2CC[C@@H]1[C@H]([NH+]1CCCCC1)CC2. The summed E-state index contributed by atoms with van der Waals surface area (Å²) in [4.78, 5) is 1.82. The molecular weight excluding hydrogens is 186 g/mol. The highest BCUT2D eigenvalue weighted by molar-refractivity contribution is 4.93. The molecule has 3 rings (SSSR count). The molecule has 2 aliphatic carbocycles. The molecule has 0 aromatic carbocycles. The van der Waals surface area contributed by atoms with Crippen molar-refractivity contribution in [3.05, 3.63) is 0 Å². The summed E-state index contributed by atoms with van der Waals surface area (Å²) in [5.41, 5.74) is 0. The quantitative estimate of drug-likeness (QED) is 0.651. The molecule has 2 saturated carbocycles. The maximum atomic E-state index is 10.2. The molecule has 3 aliphatic rings. The molecule has 2 N–H and O–H groups in total. The second-order valence-electron chi connectivity index (χ2n) is 5.89. The summed E-state index contributed by atoms with van der Waals surface area (Å²) >= 11 is 0. The van der Waals surface area contributed by atoms with E-state index in [0.29, 0.717) is 11.8 Å². The molecule has 0 spiro atoms. The van der Waals surface area contributed by atoms with E-state index in [0.717, 1.165) is 6.04 Å². The molecule has 15 heavy (non-hydrogen) atoms. The van der Waals surface area contributed by atoms with Crippen molar-refractivity contribution < 1.29 is 10.0 Å². The van der Waals surface area contributed by atoms with Crippen molar-refractivity contribution in [3.63, 3.8) is 0 Å². The lowest BCUT2D eigenvalue weighted by Crippen LogP contribution is -3.17. The first-order valence-electron chi connectivity index (χ1n) is 6.89. The molecule has 0 radical (unpaired) electrons. The van der Waals surface area contributed by atoms with Crippen LogP contribution in [0, 0.1) is 11.8 Å². The Morgan fingerprint density at radius 1 is 0.867 bits per heavy atom. The zero-order valence-electron chi connectivity index (χ0n) is 9.62. The standard InChI is InChI=1S/C13H23NO/c15-13-10-4-6-11(13)12(7-5-10)14-8-2-1-3-9-14/h10-13,15H,1-9H2/p+1/t10-,11+,12+,13-/m0/s1. The fraction of sp³-hybridized carbons (Fsp3) is 1.00. The average Bonchev–Trinajstić information content (AvgIpc) is 2.54. The largest absolute Gasteiger partial charge is 0.392 e. The van der Waals surface area contributed by atoms with Gasteiger partial charge in [0, 0.05) is 12.3 Å². The second-order valence-corrected chi connectivity index (χ2v) is 5.89. The van der Waals surface area contributed by atoms with Gasteiger partial charge < -0.3 is 10.0 Å². The molecule has 1 heterocycles. The molecule has 3 fully saturated rings. The summed E-state index contributed by atoms with van der Waals surface area (Å²) in [5.74, 6) is 1.31. The van der Waals surface area contributed by atoms with E-state index in [1.165, 1.54) is 58.0 Å². The molecule has 0 amide bonds. The summed E-state index contributed by atoms with van der Waals surface area (Å²) in [6.45, 7) is 2.75.